The number of benzene rings is 1. The van der Waals surface area contributed by atoms with Crippen LogP contribution < -0.4 is 9.47 Å². The standard InChI is InChI=1S/C13H21IO3/c1-5-16-13-10-11(14(2)3)6-7-12(13)17-9-8-15-4/h6-7,10H,5,8-9H2,1-4H3. The SMILES string of the molecule is CCOc1cc(I(C)C)ccc1OCCOC. The summed E-state index contributed by atoms with van der Waals surface area (Å²) in [5, 5.41) is 0. The van der Waals surface area contributed by atoms with Crippen molar-refractivity contribution in [1.82, 2.24) is 0 Å². The molecule has 0 unspecified atom stereocenters. The molecule has 0 amide bonds. The van der Waals surface area contributed by atoms with Gasteiger partial charge in [-0.2, -0.15) is 0 Å². The fourth-order valence-electron chi connectivity index (χ4n) is 1.34. The number of methoxy groups -OCH3 is 1. The summed E-state index contributed by atoms with van der Waals surface area (Å²) in [7, 11) is 1.67. The van der Waals surface area contributed by atoms with E-state index in [-0.39, 0.29) is 0 Å². The van der Waals surface area contributed by atoms with Gasteiger partial charge in [0, 0.05) is 0 Å². The van der Waals surface area contributed by atoms with E-state index < -0.39 is 19.8 Å². The van der Waals surface area contributed by atoms with E-state index >= 15 is 0 Å². The van der Waals surface area contributed by atoms with Crippen LogP contribution in [0.15, 0.2) is 18.2 Å². The minimum atomic E-state index is -0.960. The minimum absolute atomic E-state index is 0.552. The molecule has 0 heterocycles. The zero-order chi connectivity index (χ0) is 12.7. The predicted molar refractivity (Wildman–Crippen MR) is 79.5 cm³/mol. The fraction of sp³-hybridized carbons (Fsp3) is 0.538. The monoisotopic (exact) mass is 352 g/mol. The average molecular weight is 352 g/mol. The topological polar surface area (TPSA) is 27.7 Å². The Morgan fingerprint density at radius 2 is 1.82 bits per heavy atom. The summed E-state index contributed by atoms with van der Waals surface area (Å²) in [6.07, 6.45) is 0. The van der Waals surface area contributed by atoms with Gasteiger partial charge >= 0.3 is 111 Å². The van der Waals surface area contributed by atoms with Crippen LogP contribution in [-0.4, -0.2) is 36.8 Å². The fourth-order valence-corrected chi connectivity index (χ4v) is 3.14. The van der Waals surface area contributed by atoms with Gasteiger partial charge < -0.3 is 0 Å². The summed E-state index contributed by atoms with van der Waals surface area (Å²) < 4.78 is 17.6. The van der Waals surface area contributed by atoms with Gasteiger partial charge in [-0.15, -0.1) is 0 Å². The molecule has 0 spiro atoms. The molecule has 0 radical (unpaired) electrons. The molecule has 0 aromatic heterocycles. The molecule has 0 aliphatic carbocycles. The molecule has 3 nitrogen and oxygen atoms in total. The number of hydrogen-bond acceptors (Lipinski definition) is 3. The second-order valence-corrected chi connectivity index (χ2v) is 9.18. The third-order valence-corrected chi connectivity index (χ3v) is 5.35. The van der Waals surface area contributed by atoms with E-state index in [0.717, 1.165) is 11.5 Å². The maximum atomic E-state index is 5.63. The Labute approximate surface area is 111 Å². The van der Waals surface area contributed by atoms with Gasteiger partial charge in [0.2, 0.25) is 0 Å². The van der Waals surface area contributed by atoms with Crippen LogP contribution in [0.5, 0.6) is 11.5 Å². The summed E-state index contributed by atoms with van der Waals surface area (Å²) in [4.78, 5) is 4.64. The first-order chi connectivity index (χ1) is 8.19. The molecular weight excluding hydrogens is 331 g/mol. The van der Waals surface area contributed by atoms with Gasteiger partial charge in [0.25, 0.3) is 0 Å². The third-order valence-electron chi connectivity index (χ3n) is 2.19. The van der Waals surface area contributed by atoms with Crippen molar-refractivity contribution in [3.63, 3.8) is 0 Å². The second kappa shape index (κ2) is 7.76. The first-order valence-corrected chi connectivity index (χ1v) is 11.0. The molecule has 0 saturated carbocycles. The maximum absolute atomic E-state index is 5.63. The molecule has 17 heavy (non-hydrogen) atoms. The van der Waals surface area contributed by atoms with E-state index in [4.69, 9.17) is 14.2 Å². The normalized spacial score (nSPS) is 11.2. The van der Waals surface area contributed by atoms with Gasteiger partial charge in [-0.3, -0.25) is 0 Å². The quantitative estimate of drug-likeness (QED) is 0.429. The summed E-state index contributed by atoms with van der Waals surface area (Å²) in [5.74, 6) is 1.66. The van der Waals surface area contributed by atoms with Crippen molar-refractivity contribution in [3.8, 4) is 11.5 Å². The van der Waals surface area contributed by atoms with Crippen LogP contribution in [0.4, 0.5) is 0 Å². The molecule has 0 aliphatic heterocycles. The number of alkyl halides is 2. The molecule has 0 atom stereocenters. The van der Waals surface area contributed by atoms with Crippen LogP contribution in [0.2, 0.25) is 0 Å². The molecule has 1 aromatic carbocycles. The Hall–Kier alpha value is -0.490. The Balaban J connectivity index is 2.80. The van der Waals surface area contributed by atoms with Crippen molar-refractivity contribution in [2.24, 2.45) is 0 Å². The first-order valence-electron chi connectivity index (χ1n) is 5.57. The summed E-state index contributed by atoms with van der Waals surface area (Å²) in [6, 6.07) is 6.28. The number of ether oxygens (including phenoxy) is 3. The molecule has 0 aliphatic rings. The van der Waals surface area contributed by atoms with Gasteiger partial charge in [-0.05, 0) is 0 Å². The van der Waals surface area contributed by atoms with E-state index in [1.165, 1.54) is 3.57 Å². The van der Waals surface area contributed by atoms with E-state index in [9.17, 15) is 0 Å². The van der Waals surface area contributed by atoms with Crippen LogP contribution in [-0.2, 0) is 4.74 Å². The third kappa shape index (κ3) is 4.71. The molecule has 0 saturated heterocycles. The van der Waals surface area contributed by atoms with E-state index in [0.29, 0.717) is 19.8 Å². The van der Waals surface area contributed by atoms with Gasteiger partial charge in [-0.25, -0.2) is 0 Å². The van der Waals surface area contributed by atoms with Crippen molar-refractivity contribution < 1.29 is 14.2 Å². The number of hydrogen-bond donors (Lipinski definition) is 0. The Bertz CT molecular complexity index is 339. The predicted octanol–water partition coefficient (Wildman–Crippen LogP) is 3.05. The zero-order valence-electron chi connectivity index (χ0n) is 11.0. The second-order valence-electron chi connectivity index (χ2n) is 3.62. The van der Waals surface area contributed by atoms with Crippen LogP contribution >= 0.6 is 19.8 Å². The molecule has 0 bridgehead atoms. The van der Waals surface area contributed by atoms with Crippen LogP contribution in [0.25, 0.3) is 0 Å². The Morgan fingerprint density at radius 1 is 1.06 bits per heavy atom. The molecule has 98 valence electrons. The van der Waals surface area contributed by atoms with E-state index in [1.54, 1.807) is 7.11 Å². The number of rotatable bonds is 7. The Morgan fingerprint density at radius 3 is 2.41 bits per heavy atom. The van der Waals surface area contributed by atoms with Crippen LogP contribution in [0.1, 0.15) is 6.92 Å². The molecule has 4 heteroatoms. The zero-order valence-corrected chi connectivity index (χ0v) is 13.1. The number of halogens is 1. The van der Waals surface area contributed by atoms with Gasteiger partial charge in [0.05, 0.1) is 0 Å². The van der Waals surface area contributed by atoms with E-state index in [1.807, 2.05) is 13.0 Å². The van der Waals surface area contributed by atoms with Gasteiger partial charge in [0.1, 0.15) is 0 Å². The van der Waals surface area contributed by atoms with Crippen molar-refractivity contribution in [2.75, 3.05) is 36.8 Å². The van der Waals surface area contributed by atoms with Crippen molar-refractivity contribution in [1.29, 1.82) is 0 Å². The molecule has 0 fully saturated rings. The van der Waals surface area contributed by atoms with Crippen molar-refractivity contribution >= 4 is 19.8 Å². The molecule has 0 N–H and O–H groups in total. The summed E-state index contributed by atoms with van der Waals surface area (Å²) >= 11 is -0.960. The van der Waals surface area contributed by atoms with Crippen LogP contribution in [0, 0.1) is 3.57 Å². The molecule has 1 aromatic rings. The Kier molecular flexibility index (Phi) is 6.65. The molecular formula is C13H21IO3. The van der Waals surface area contributed by atoms with Crippen molar-refractivity contribution in [2.45, 2.75) is 6.92 Å². The van der Waals surface area contributed by atoms with Crippen LogP contribution in [0.3, 0.4) is 0 Å². The molecule has 1 rings (SSSR count). The average Bonchev–Trinajstić information content (AvgIpc) is 2.31. The summed E-state index contributed by atoms with van der Waals surface area (Å²) in [5.41, 5.74) is 0. The van der Waals surface area contributed by atoms with Gasteiger partial charge in [-0.1, -0.05) is 0 Å². The first kappa shape index (κ1) is 14.6. The summed E-state index contributed by atoms with van der Waals surface area (Å²) in [6.45, 7) is 3.79. The van der Waals surface area contributed by atoms with Gasteiger partial charge in [0.15, 0.2) is 0 Å². The van der Waals surface area contributed by atoms with E-state index in [2.05, 4.69) is 22.0 Å². The van der Waals surface area contributed by atoms with Crippen molar-refractivity contribution in [3.05, 3.63) is 21.8 Å².